The molecule has 0 aliphatic carbocycles. The van der Waals surface area contributed by atoms with Crippen LogP contribution in [0.5, 0.6) is 5.75 Å². The Bertz CT molecular complexity index is 893. The Labute approximate surface area is 156 Å². The summed E-state index contributed by atoms with van der Waals surface area (Å²) < 4.78 is 24.7. The zero-order valence-electron chi connectivity index (χ0n) is 14.9. The molecule has 0 aromatic heterocycles. The number of ether oxygens (including phenoxy) is 2. The number of carbonyl (C=O) groups excluding carboxylic acids is 2. The Kier molecular flexibility index (Phi) is 5.40. The topological polar surface area (TPSA) is 76.7 Å². The van der Waals surface area contributed by atoms with E-state index in [4.69, 9.17) is 9.47 Å². The van der Waals surface area contributed by atoms with Gasteiger partial charge >= 0.3 is 12.0 Å². The van der Waals surface area contributed by atoms with Crippen molar-refractivity contribution in [3.05, 3.63) is 71.0 Å². The number of carbonyl (C=O) groups is 2. The van der Waals surface area contributed by atoms with Gasteiger partial charge in [-0.3, -0.25) is 0 Å². The van der Waals surface area contributed by atoms with E-state index in [9.17, 15) is 14.0 Å². The Hall–Kier alpha value is -3.35. The number of methoxy groups -OCH3 is 1. The van der Waals surface area contributed by atoms with Crippen molar-refractivity contribution in [2.24, 2.45) is 0 Å². The van der Waals surface area contributed by atoms with E-state index in [1.807, 2.05) is 0 Å². The highest BCUT2D eigenvalue weighted by Gasteiger charge is 2.35. The van der Waals surface area contributed by atoms with Gasteiger partial charge in [0.05, 0.1) is 31.0 Å². The van der Waals surface area contributed by atoms with Crippen LogP contribution in [-0.4, -0.2) is 25.7 Å². The van der Waals surface area contributed by atoms with Crippen LogP contribution in [0.3, 0.4) is 0 Å². The molecule has 0 spiro atoms. The molecule has 0 bridgehead atoms. The first-order valence-corrected chi connectivity index (χ1v) is 8.42. The number of hydrogen-bond donors (Lipinski definition) is 2. The number of rotatable bonds is 5. The minimum absolute atomic E-state index is 0.131. The van der Waals surface area contributed by atoms with Crippen LogP contribution in [-0.2, 0) is 9.53 Å². The molecule has 27 heavy (non-hydrogen) atoms. The molecule has 3 rings (SSSR count). The summed E-state index contributed by atoms with van der Waals surface area (Å²) in [5.74, 6) is -0.535. The summed E-state index contributed by atoms with van der Waals surface area (Å²) in [6.07, 6.45) is 0. The van der Waals surface area contributed by atoms with E-state index in [1.54, 1.807) is 50.4 Å². The van der Waals surface area contributed by atoms with Crippen LogP contribution in [0, 0.1) is 5.82 Å². The molecule has 140 valence electrons. The smallest absolute Gasteiger partial charge is 0.338 e. The Morgan fingerprint density at radius 3 is 2.48 bits per heavy atom. The van der Waals surface area contributed by atoms with Crippen molar-refractivity contribution in [2.45, 2.75) is 13.0 Å². The number of halogens is 1. The lowest BCUT2D eigenvalue weighted by atomic mass is 9.92. The molecule has 0 fully saturated rings. The van der Waals surface area contributed by atoms with E-state index < -0.39 is 23.9 Å². The molecule has 0 saturated carbocycles. The molecule has 1 unspecified atom stereocenters. The fourth-order valence-corrected chi connectivity index (χ4v) is 2.92. The number of hydrogen-bond acceptors (Lipinski definition) is 4. The van der Waals surface area contributed by atoms with Crippen molar-refractivity contribution < 1.29 is 23.5 Å². The van der Waals surface area contributed by atoms with E-state index in [1.165, 1.54) is 12.1 Å². The summed E-state index contributed by atoms with van der Waals surface area (Å²) >= 11 is 0. The maximum atomic E-state index is 14.4. The Morgan fingerprint density at radius 1 is 1.15 bits per heavy atom. The predicted molar refractivity (Wildman–Crippen MR) is 97.4 cm³/mol. The van der Waals surface area contributed by atoms with Gasteiger partial charge in [-0.2, -0.15) is 0 Å². The molecule has 2 amide bonds. The maximum Gasteiger partial charge on any atom is 0.338 e. The molecule has 1 aliphatic rings. The van der Waals surface area contributed by atoms with Gasteiger partial charge < -0.3 is 20.1 Å². The van der Waals surface area contributed by atoms with Crippen LogP contribution in [0.25, 0.3) is 5.70 Å². The van der Waals surface area contributed by atoms with Gasteiger partial charge in [0.25, 0.3) is 0 Å². The van der Waals surface area contributed by atoms with Crippen LogP contribution in [0.15, 0.2) is 54.1 Å². The number of urea groups is 1. The molecule has 2 aromatic carbocycles. The summed E-state index contributed by atoms with van der Waals surface area (Å²) in [6, 6.07) is 11.3. The highest BCUT2D eigenvalue weighted by Crippen LogP contribution is 2.33. The summed E-state index contributed by atoms with van der Waals surface area (Å²) in [4.78, 5) is 24.9. The summed E-state index contributed by atoms with van der Waals surface area (Å²) in [5.41, 5.74) is 1.16. The second-order valence-electron chi connectivity index (χ2n) is 5.79. The third kappa shape index (κ3) is 3.76. The van der Waals surface area contributed by atoms with Gasteiger partial charge in [0.2, 0.25) is 0 Å². The summed E-state index contributed by atoms with van der Waals surface area (Å²) in [5, 5.41) is 5.26. The van der Waals surface area contributed by atoms with E-state index in [0.29, 0.717) is 11.3 Å². The average Bonchev–Trinajstić information content (AvgIpc) is 2.68. The molecule has 2 aromatic rings. The van der Waals surface area contributed by atoms with Crippen LogP contribution in [0.1, 0.15) is 24.1 Å². The second-order valence-corrected chi connectivity index (χ2v) is 5.79. The van der Waals surface area contributed by atoms with E-state index >= 15 is 0 Å². The third-order valence-corrected chi connectivity index (χ3v) is 4.16. The number of esters is 1. The van der Waals surface area contributed by atoms with Gasteiger partial charge in [0, 0.05) is 5.56 Å². The molecule has 6 nitrogen and oxygen atoms in total. The molecule has 1 atom stereocenters. The standard InChI is InChI=1S/C20H19FN2O4/c1-3-27-19(24)16-17(12-8-10-13(26-2)11-9-12)22-20(25)23-18(16)14-6-4-5-7-15(14)21/h4-11,18H,3H2,1-2H3,(H2,22,23,25). The molecular formula is C20H19FN2O4. The van der Waals surface area contributed by atoms with Gasteiger partial charge in [-0.05, 0) is 42.8 Å². The van der Waals surface area contributed by atoms with Crippen molar-refractivity contribution in [1.29, 1.82) is 0 Å². The molecule has 0 radical (unpaired) electrons. The lowest BCUT2D eigenvalue weighted by Crippen LogP contribution is -2.45. The van der Waals surface area contributed by atoms with Gasteiger partial charge in [-0.15, -0.1) is 0 Å². The van der Waals surface area contributed by atoms with Crippen molar-refractivity contribution in [1.82, 2.24) is 10.6 Å². The molecule has 0 saturated heterocycles. The monoisotopic (exact) mass is 370 g/mol. The first-order valence-electron chi connectivity index (χ1n) is 8.42. The molecule has 7 heteroatoms. The zero-order chi connectivity index (χ0) is 19.4. The van der Waals surface area contributed by atoms with Crippen molar-refractivity contribution in [3.63, 3.8) is 0 Å². The molecular weight excluding hydrogens is 351 g/mol. The maximum absolute atomic E-state index is 14.4. The lowest BCUT2D eigenvalue weighted by molar-refractivity contribution is -0.138. The van der Waals surface area contributed by atoms with Crippen LogP contribution < -0.4 is 15.4 Å². The van der Waals surface area contributed by atoms with E-state index in [2.05, 4.69) is 10.6 Å². The lowest BCUT2D eigenvalue weighted by Gasteiger charge is -2.29. The summed E-state index contributed by atoms with van der Waals surface area (Å²) in [6.45, 7) is 1.83. The predicted octanol–water partition coefficient (Wildman–Crippen LogP) is 3.16. The van der Waals surface area contributed by atoms with Crippen LogP contribution >= 0.6 is 0 Å². The quantitative estimate of drug-likeness (QED) is 0.793. The van der Waals surface area contributed by atoms with E-state index in [-0.39, 0.29) is 23.4 Å². The largest absolute Gasteiger partial charge is 0.497 e. The number of amides is 2. The Morgan fingerprint density at radius 2 is 1.85 bits per heavy atom. The van der Waals surface area contributed by atoms with E-state index in [0.717, 1.165) is 0 Å². The first kappa shape index (κ1) is 18.4. The highest BCUT2D eigenvalue weighted by molar-refractivity contribution is 6.04. The van der Waals surface area contributed by atoms with Gasteiger partial charge in [0.1, 0.15) is 11.6 Å². The van der Waals surface area contributed by atoms with Crippen molar-refractivity contribution in [2.75, 3.05) is 13.7 Å². The highest BCUT2D eigenvalue weighted by atomic mass is 19.1. The number of nitrogens with one attached hydrogen (secondary N) is 2. The average molecular weight is 370 g/mol. The second kappa shape index (κ2) is 7.90. The molecule has 1 aliphatic heterocycles. The first-order chi connectivity index (χ1) is 13.0. The minimum Gasteiger partial charge on any atom is -0.497 e. The zero-order valence-corrected chi connectivity index (χ0v) is 14.9. The van der Waals surface area contributed by atoms with Gasteiger partial charge in [0.15, 0.2) is 0 Å². The van der Waals surface area contributed by atoms with Gasteiger partial charge in [-0.25, -0.2) is 14.0 Å². The SMILES string of the molecule is CCOC(=O)C1=C(c2ccc(OC)cc2)NC(=O)NC1c1ccccc1F. The minimum atomic E-state index is -0.976. The van der Waals surface area contributed by atoms with Crippen LogP contribution in [0.2, 0.25) is 0 Å². The number of benzene rings is 2. The normalized spacial score (nSPS) is 16.4. The fraction of sp³-hybridized carbons (Fsp3) is 0.200. The molecule has 1 heterocycles. The van der Waals surface area contributed by atoms with Crippen molar-refractivity contribution >= 4 is 17.7 Å². The Balaban J connectivity index is 2.18. The van der Waals surface area contributed by atoms with Gasteiger partial charge in [-0.1, -0.05) is 18.2 Å². The van der Waals surface area contributed by atoms with Crippen molar-refractivity contribution in [3.8, 4) is 5.75 Å². The fourth-order valence-electron chi connectivity index (χ4n) is 2.92. The van der Waals surface area contributed by atoms with Crippen LogP contribution in [0.4, 0.5) is 9.18 Å². The molecule has 2 N–H and O–H groups in total. The third-order valence-electron chi connectivity index (χ3n) is 4.16. The summed E-state index contributed by atoms with van der Waals surface area (Å²) in [7, 11) is 1.54.